The van der Waals surface area contributed by atoms with Crippen LogP contribution in [0.5, 0.6) is 11.5 Å². The minimum absolute atomic E-state index is 0.0131. The Balaban J connectivity index is 1.98. The zero-order valence-electron chi connectivity index (χ0n) is 11.2. The molecule has 5 heteroatoms. The molecule has 1 heterocycles. The summed E-state index contributed by atoms with van der Waals surface area (Å²) in [5.41, 5.74) is 0. The van der Waals surface area contributed by atoms with Gasteiger partial charge < -0.3 is 14.6 Å². The first kappa shape index (κ1) is 13.7. The Morgan fingerprint density at radius 1 is 1.42 bits per heavy atom. The van der Waals surface area contributed by atoms with Gasteiger partial charge in [-0.25, -0.2) is 0 Å². The van der Waals surface area contributed by atoms with Gasteiger partial charge in [-0.05, 0) is 26.0 Å². The first-order chi connectivity index (χ1) is 9.06. The van der Waals surface area contributed by atoms with Crippen LogP contribution in [-0.4, -0.2) is 47.8 Å². The van der Waals surface area contributed by atoms with Crippen molar-refractivity contribution in [2.45, 2.75) is 26.0 Å². The van der Waals surface area contributed by atoms with Crippen LogP contribution in [-0.2, 0) is 4.79 Å². The highest BCUT2D eigenvalue weighted by molar-refractivity contribution is 5.69. The molecule has 0 spiro atoms. The SMILES string of the molecule is CC(C)N(CC(=O)O)C[C@@H]1COc2ccccc2O1. The van der Waals surface area contributed by atoms with E-state index in [1.54, 1.807) is 0 Å². The summed E-state index contributed by atoms with van der Waals surface area (Å²) < 4.78 is 11.5. The maximum absolute atomic E-state index is 10.8. The number of fused-ring (bicyclic) bond motifs is 1. The van der Waals surface area contributed by atoms with E-state index >= 15 is 0 Å². The van der Waals surface area contributed by atoms with Gasteiger partial charge in [-0.3, -0.25) is 9.69 Å². The lowest BCUT2D eigenvalue weighted by Crippen LogP contribution is -2.45. The average Bonchev–Trinajstić information content (AvgIpc) is 2.37. The van der Waals surface area contributed by atoms with E-state index in [0.717, 1.165) is 11.5 Å². The molecule has 0 saturated heterocycles. The quantitative estimate of drug-likeness (QED) is 0.876. The number of aliphatic carboxylic acids is 1. The van der Waals surface area contributed by atoms with Crippen molar-refractivity contribution < 1.29 is 19.4 Å². The van der Waals surface area contributed by atoms with Crippen LogP contribution in [0.3, 0.4) is 0 Å². The number of hydrogen-bond acceptors (Lipinski definition) is 4. The lowest BCUT2D eigenvalue weighted by atomic mass is 10.2. The van der Waals surface area contributed by atoms with Crippen molar-refractivity contribution in [3.05, 3.63) is 24.3 Å². The Morgan fingerprint density at radius 2 is 2.11 bits per heavy atom. The fraction of sp³-hybridized carbons (Fsp3) is 0.500. The largest absolute Gasteiger partial charge is 0.486 e. The van der Waals surface area contributed by atoms with Gasteiger partial charge in [0.25, 0.3) is 0 Å². The average molecular weight is 265 g/mol. The standard InChI is InChI=1S/C14H19NO4/c1-10(2)15(8-14(16)17)7-11-9-18-12-5-3-4-6-13(12)19-11/h3-6,10-11H,7-9H2,1-2H3,(H,16,17)/t11-/m1/s1. The summed E-state index contributed by atoms with van der Waals surface area (Å²) in [5.74, 6) is 0.636. The van der Waals surface area contributed by atoms with E-state index in [1.165, 1.54) is 0 Å². The van der Waals surface area contributed by atoms with Gasteiger partial charge in [0.15, 0.2) is 11.5 Å². The normalized spacial score (nSPS) is 17.8. The fourth-order valence-corrected chi connectivity index (χ4v) is 2.05. The predicted octanol–water partition coefficient (Wildman–Crippen LogP) is 1.62. The van der Waals surface area contributed by atoms with Crippen LogP contribution < -0.4 is 9.47 Å². The van der Waals surface area contributed by atoms with E-state index in [2.05, 4.69) is 0 Å². The summed E-state index contributed by atoms with van der Waals surface area (Å²) in [6, 6.07) is 7.66. The summed E-state index contributed by atoms with van der Waals surface area (Å²) in [6.07, 6.45) is -0.142. The molecule has 0 radical (unpaired) electrons. The van der Waals surface area contributed by atoms with E-state index in [9.17, 15) is 4.79 Å². The van der Waals surface area contributed by atoms with Gasteiger partial charge in [0.05, 0.1) is 6.54 Å². The molecule has 0 aliphatic carbocycles. The number of hydrogen-bond donors (Lipinski definition) is 1. The van der Waals surface area contributed by atoms with Crippen LogP contribution in [0.2, 0.25) is 0 Å². The second kappa shape index (κ2) is 5.93. The topological polar surface area (TPSA) is 59.0 Å². The van der Waals surface area contributed by atoms with Crippen molar-refractivity contribution in [2.24, 2.45) is 0 Å². The van der Waals surface area contributed by atoms with E-state index in [0.29, 0.717) is 13.2 Å². The van der Waals surface area contributed by atoms with Crippen LogP contribution in [0.1, 0.15) is 13.8 Å². The molecule has 1 atom stereocenters. The Kier molecular flexibility index (Phi) is 4.27. The number of carboxylic acid groups (broad SMARTS) is 1. The van der Waals surface area contributed by atoms with Crippen molar-refractivity contribution >= 4 is 5.97 Å². The number of carboxylic acids is 1. The number of ether oxygens (including phenoxy) is 2. The van der Waals surface area contributed by atoms with Crippen LogP contribution in [0.25, 0.3) is 0 Å². The number of benzene rings is 1. The third kappa shape index (κ3) is 3.61. The Morgan fingerprint density at radius 3 is 2.74 bits per heavy atom. The highest BCUT2D eigenvalue weighted by Gasteiger charge is 2.25. The summed E-state index contributed by atoms with van der Waals surface area (Å²) in [5, 5.41) is 8.91. The fourth-order valence-electron chi connectivity index (χ4n) is 2.05. The second-order valence-electron chi connectivity index (χ2n) is 4.91. The lowest BCUT2D eigenvalue weighted by Gasteiger charge is -2.32. The van der Waals surface area contributed by atoms with Gasteiger partial charge in [-0.15, -0.1) is 0 Å². The monoisotopic (exact) mass is 265 g/mol. The van der Waals surface area contributed by atoms with Crippen LogP contribution >= 0.6 is 0 Å². The zero-order valence-corrected chi connectivity index (χ0v) is 11.2. The summed E-state index contributed by atoms with van der Waals surface area (Å²) in [7, 11) is 0. The molecule has 0 aromatic heterocycles. The summed E-state index contributed by atoms with van der Waals surface area (Å²) in [6.45, 7) is 4.94. The molecule has 0 bridgehead atoms. The molecule has 0 amide bonds. The molecule has 0 unspecified atom stereocenters. The Bertz CT molecular complexity index is 447. The molecular formula is C14H19NO4. The summed E-state index contributed by atoms with van der Waals surface area (Å²) in [4.78, 5) is 12.7. The molecule has 1 N–H and O–H groups in total. The molecule has 0 saturated carbocycles. The van der Waals surface area contributed by atoms with Crippen LogP contribution in [0, 0.1) is 0 Å². The molecule has 5 nitrogen and oxygen atoms in total. The molecule has 0 fully saturated rings. The maximum atomic E-state index is 10.8. The molecule has 1 aliphatic rings. The molecule has 2 rings (SSSR count). The van der Waals surface area contributed by atoms with Crippen molar-refractivity contribution in [1.29, 1.82) is 0 Å². The van der Waals surface area contributed by atoms with E-state index in [1.807, 2.05) is 43.0 Å². The minimum atomic E-state index is -0.828. The number of rotatable bonds is 5. The number of para-hydroxylation sites is 2. The van der Waals surface area contributed by atoms with E-state index in [-0.39, 0.29) is 18.7 Å². The lowest BCUT2D eigenvalue weighted by molar-refractivity contribution is -0.139. The van der Waals surface area contributed by atoms with Crippen LogP contribution in [0.15, 0.2) is 24.3 Å². The van der Waals surface area contributed by atoms with Crippen molar-refractivity contribution in [3.63, 3.8) is 0 Å². The predicted molar refractivity (Wildman–Crippen MR) is 70.7 cm³/mol. The number of carbonyl (C=O) groups is 1. The Hall–Kier alpha value is -1.75. The molecular weight excluding hydrogens is 246 g/mol. The van der Waals surface area contributed by atoms with E-state index < -0.39 is 5.97 Å². The highest BCUT2D eigenvalue weighted by atomic mass is 16.6. The molecule has 1 aromatic rings. The highest BCUT2D eigenvalue weighted by Crippen LogP contribution is 2.31. The van der Waals surface area contributed by atoms with Gasteiger partial charge in [0, 0.05) is 12.6 Å². The molecule has 1 aromatic carbocycles. The molecule has 1 aliphatic heterocycles. The first-order valence-corrected chi connectivity index (χ1v) is 6.40. The smallest absolute Gasteiger partial charge is 0.317 e. The van der Waals surface area contributed by atoms with Gasteiger partial charge in [0.1, 0.15) is 12.7 Å². The van der Waals surface area contributed by atoms with Crippen molar-refractivity contribution in [1.82, 2.24) is 4.90 Å². The molecule has 19 heavy (non-hydrogen) atoms. The Labute approximate surface area is 112 Å². The summed E-state index contributed by atoms with van der Waals surface area (Å²) >= 11 is 0. The van der Waals surface area contributed by atoms with Gasteiger partial charge in [-0.2, -0.15) is 0 Å². The first-order valence-electron chi connectivity index (χ1n) is 6.40. The molecule has 104 valence electrons. The van der Waals surface area contributed by atoms with E-state index in [4.69, 9.17) is 14.6 Å². The minimum Gasteiger partial charge on any atom is -0.486 e. The van der Waals surface area contributed by atoms with Gasteiger partial charge >= 0.3 is 5.97 Å². The van der Waals surface area contributed by atoms with Gasteiger partial charge in [-0.1, -0.05) is 12.1 Å². The second-order valence-corrected chi connectivity index (χ2v) is 4.91. The number of nitrogens with zero attached hydrogens (tertiary/aromatic N) is 1. The third-order valence-electron chi connectivity index (χ3n) is 3.07. The van der Waals surface area contributed by atoms with Crippen molar-refractivity contribution in [3.8, 4) is 11.5 Å². The third-order valence-corrected chi connectivity index (χ3v) is 3.07. The maximum Gasteiger partial charge on any atom is 0.317 e. The zero-order chi connectivity index (χ0) is 13.8. The van der Waals surface area contributed by atoms with Gasteiger partial charge in [0.2, 0.25) is 0 Å². The van der Waals surface area contributed by atoms with Crippen molar-refractivity contribution in [2.75, 3.05) is 19.7 Å². The van der Waals surface area contributed by atoms with Crippen LogP contribution in [0.4, 0.5) is 0 Å².